The second kappa shape index (κ2) is 7.50. The van der Waals surface area contributed by atoms with Crippen LogP contribution >= 0.6 is 0 Å². The van der Waals surface area contributed by atoms with Crippen molar-refractivity contribution in [2.24, 2.45) is 11.3 Å². The van der Waals surface area contributed by atoms with E-state index in [1.165, 1.54) is 6.42 Å². The molecule has 0 saturated heterocycles. The Balaban J connectivity index is 2.16. The Labute approximate surface area is 121 Å². The van der Waals surface area contributed by atoms with E-state index >= 15 is 0 Å². The summed E-state index contributed by atoms with van der Waals surface area (Å²) in [6.45, 7) is 6.70. The quantitative estimate of drug-likeness (QED) is 0.656. The van der Waals surface area contributed by atoms with E-state index in [4.69, 9.17) is 5.11 Å². The summed E-state index contributed by atoms with van der Waals surface area (Å²) in [6.07, 6.45) is 5.74. The predicted octanol–water partition coefficient (Wildman–Crippen LogP) is 2.76. The number of amides is 2. The van der Waals surface area contributed by atoms with E-state index in [1.807, 2.05) is 0 Å². The van der Waals surface area contributed by atoms with Gasteiger partial charge in [0.25, 0.3) is 0 Å². The normalized spacial score (nSPS) is 22.9. The van der Waals surface area contributed by atoms with Gasteiger partial charge in [-0.05, 0) is 37.5 Å². The van der Waals surface area contributed by atoms with E-state index in [1.54, 1.807) is 6.92 Å². The van der Waals surface area contributed by atoms with Gasteiger partial charge in [-0.1, -0.05) is 27.2 Å². The van der Waals surface area contributed by atoms with Gasteiger partial charge in [-0.15, -0.1) is 0 Å². The van der Waals surface area contributed by atoms with Gasteiger partial charge in [0, 0.05) is 12.6 Å². The van der Waals surface area contributed by atoms with Gasteiger partial charge in [0.05, 0.1) is 5.92 Å². The molecule has 3 N–H and O–H groups in total. The van der Waals surface area contributed by atoms with Crippen LogP contribution in [0.1, 0.15) is 59.3 Å². The molecule has 0 bridgehead atoms. The molecule has 2 atom stereocenters. The van der Waals surface area contributed by atoms with Crippen LogP contribution in [0.5, 0.6) is 0 Å². The molecule has 1 rings (SSSR count). The van der Waals surface area contributed by atoms with Crippen LogP contribution in [-0.4, -0.2) is 29.7 Å². The Hall–Kier alpha value is -1.26. The van der Waals surface area contributed by atoms with Gasteiger partial charge in [-0.25, -0.2) is 4.79 Å². The van der Waals surface area contributed by atoms with Crippen LogP contribution < -0.4 is 10.6 Å². The molecule has 116 valence electrons. The molecule has 1 fully saturated rings. The maximum Gasteiger partial charge on any atom is 0.315 e. The largest absolute Gasteiger partial charge is 0.481 e. The van der Waals surface area contributed by atoms with Gasteiger partial charge >= 0.3 is 12.0 Å². The Morgan fingerprint density at radius 3 is 2.70 bits per heavy atom. The molecule has 0 aromatic carbocycles. The fourth-order valence-corrected chi connectivity index (χ4v) is 2.79. The summed E-state index contributed by atoms with van der Waals surface area (Å²) < 4.78 is 0. The molecule has 0 spiro atoms. The number of nitrogens with one attached hydrogen (secondary N) is 2. The SMILES string of the molecule is CC(CCCNC(=O)NC1CCCC(C)(C)C1)C(=O)O. The first-order valence-corrected chi connectivity index (χ1v) is 7.57. The molecule has 0 radical (unpaired) electrons. The molecule has 1 aliphatic rings. The van der Waals surface area contributed by atoms with Crippen molar-refractivity contribution in [2.45, 2.75) is 65.3 Å². The Kier molecular flexibility index (Phi) is 6.30. The van der Waals surface area contributed by atoms with Gasteiger partial charge in [0.1, 0.15) is 0 Å². The second-order valence-corrected chi connectivity index (χ2v) is 6.74. The molecular weight excluding hydrogens is 256 g/mol. The second-order valence-electron chi connectivity index (χ2n) is 6.74. The molecule has 5 nitrogen and oxygen atoms in total. The van der Waals surface area contributed by atoms with Gasteiger partial charge in [0.15, 0.2) is 0 Å². The number of carbonyl (C=O) groups is 2. The minimum Gasteiger partial charge on any atom is -0.481 e. The summed E-state index contributed by atoms with van der Waals surface area (Å²) >= 11 is 0. The molecule has 2 unspecified atom stereocenters. The smallest absolute Gasteiger partial charge is 0.315 e. The zero-order valence-corrected chi connectivity index (χ0v) is 12.9. The van der Waals surface area contributed by atoms with Crippen LogP contribution in [0.3, 0.4) is 0 Å². The van der Waals surface area contributed by atoms with Crippen molar-refractivity contribution < 1.29 is 14.7 Å². The first-order chi connectivity index (χ1) is 9.30. The lowest BCUT2D eigenvalue weighted by atomic mass is 9.75. The van der Waals surface area contributed by atoms with Crippen molar-refractivity contribution >= 4 is 12.0 Å². The average molecular weight is 284 g/mol. The van der Waals surface area contributed by atoms with E-state index in [0.717, 1.165) is 19.3 Å². The van der Waals surface area contributed by atoms with Crippen LogP contribution in [-0.2, 0) is 4.79 Å². The van der Waals surface area contributed by atoms with E-state index in [0.29, 0.717) is 24.8 Å². The molecule has 5 heteroatoms. The van der Waals surface area contributed by atoms with E-state index in [9.17, 15) is 9.59 Å². The molecule has 0 heterocycles. The fourth-order valence-electron chi connectivity index (χ4n) is 2.79. The standard InChI is InChI=1S/C15H28N2O3/c1-11(13(18)19)6-5-9-16-14(20)17-12-7-4-8-15(2,3)10-12/h11-12H,4-10H2,1-3H3,(H,18,19)(H2,16,17,20). The topological polar surface area (TPSA) is 78.4 Å². The first kappa shape index (κ1) is 16.8. The zero-order valence-electron chi connectivity index (χ0n) is 12.9. The van der Waals surface area contributed by atoms with Crippen molar-refractivity contribution in [3.05, 3.63) is 0 Å². The van der Waals surface area contributed by atoms with Crippen molar-refractivity contribution in [3.63, 3.8) is 0 Å². The molecule has 0 aromatic rings. The van der Waals surface area contributed by atoms with Crippen LogP contribution in [0.4, 0.5) is 4.79 Å². The minimum absolute atomic E-state index is 0.129. The summed E-state index contributed by atoms with van der Waals surface area (Å²) in [4.78, 5) is 22.4. The number of carbonyl (C=O) groups excluding carboxylic acids is 1. The number of aliphatic carboxylic acids is 1. The van der Waals surface area contributed by atoms with Crippen LogP contribution in [0, 0.1) is 11.3 Å². The first-order valence-electron chi connectivity index (χ1n) is 7.57. The van der Waals surface area contributed by atoms with Crippen molar-refractivity contribution in [1.82, 2.24) is 10.6 Å². The molecule has 1 saturated carbocycles. The highest BCUT2D eigenvalue weighted by atomic mass is 16.4. The molecule has 2 amide bonds. The fraction of sp³-hybridized carbons (Fsp3) is 0.867. The number of carboxylic acid groups (broad SMARTS) is 1. The molecule has 0 aromatic heterocycles. The maximum absolute atomic E-state index is 11.8. The monoisotopic (exact) mass is 284 g/mol. The van der Waals surface area contributed by atoms with Crippen molar-refractivity contribution in [3.8, 4) is 0 Å². The van der Waals surface area contributed by atoms with E-state index in [-0.39, 0.29) is 18.0 Å². The molecule has 0 aliphatic heterocycles. The third kappa shape index (κ3) is 6.26. The maximum atomic E-state index is 11.8. The van der Waals surface area contributed by atoms with Crippen molar-refractivity contribution in [2.75, 3.05) is 6.54 Å². The van der Waals surface area contributed by atoms with E-state index in [2.05, 4.69) is 24.5 Å². The van der Waals surface area contributed by atoms with Gasteiger partial charge in [-0.2, -0.15) is 0 Å². The number of hydrogen-bond acceptors (Lipinski definition) is 2. The summed E-state index contributed by atoms with van der Waals surface area (Å²) in [7, 11) is 0. The lowest BCUT2D eigenvalue weighted by molar-refractivity contribution is -0.141. The number of hydrogen-bond donors (Lipinski definition) is 3. The Bertz CT molecular complexity index is 342. The van der Waals surface area contributed by atoms with Gasteiger partial charge in [0.2, 0.25) is 0 Å². The molecular formula is C15H28N2O3. The van der Waals surface area contributed by atoms with Gasteiger partial charge in [-0.3, -0.25) is 4.79 Å². The minimum atomic E-state index is -0.779. The Morgan fingerprint density at radius 1 is 1.40 bits per heavy atom. The van der Waals surface area contributed by atoms with Gasteiger partial charge < -0.3 is 15.7 Å². The third-order valence-corrected chi connectivity index (χ3v) is 4.06. The van der Waals surface area contributed by atoms with Crippen LogP contribution in [0.25, 0.3) is 0 Å². The third-order valence-electron chi connectivity index (χ3n) is 4.06. The highest BCUT2D eigenvalue weighted by molar-refractivity contribution is 5.74. The lowest BCUT2D eigenvalue weighted by Gasteiger charge is -2.35. The summed E-state index contributed by atoms with van der Waals surface area (Å²) in [5.74, 6) is -1.13. The summed E-state index contributed by atoms with van der Waals surface area (Å²) in [5.41, 5.74) is 0.313. The lowest BCUT2D eigenvalue weighted by Crippen LogP contribution is -2.45. The molecule has 1 aliphatic carbocycles. The number of urea groups is 1. The van der Waals surface area contributed by atoms with Crippen LogP contribution in [0.15, 0.2) is 0 Å². The highest BCUT2D eigenvalue weighted by Crippen LogP contribution is 2.34. The predicted molar refractivity (Wildman–Crippen MR) is 78.6 cm³/mol. The van der Waals surface area contributed by atoms with Crippen LogP contribution in [0.2, 0.25) is 0 Å². The average Bonchev–Trinajstić information content (AvgIpc) is 2.32. The van der Waals surface area contributed by atoms with E-state index < -0.39 is 5.97 Å². The number of carboxylic acids is 1. The summed E-state index contributed by atoms with van der Waals surface area (Å²) in [5, 5.41) is 14.6. The van der Waals surface area contributed by atoms with Crippen molar-refractivity contribution in [1.29, 1.82) is 0 Å². The Morgan fingerprint density at radius 2 is 2.10 bits per heavy atom. The molecule has 20 heavy (non-hydrogen) atoms. The highest BCUT2D eigenvalue weighted by Gasteiger charge is 2.28. The zero-order chi connectivity index (χ0) is 15.2. The number of rotatable bonds is 6. The summed E-state index contributed by atoms with van der Waals surface area (Å²) in [6, 6.07) is 0.132.